The number of hydrogen-bond acceptors (Lipinski definition) is 5. The van der Waals surface area contributed by atoms with Crippen LogP contribution in [0.4, 0.5) is 0 Å². The van der Waals surface area contributed by atoms with E-state index in [1.165, 1.54) is 5.56 Å². The van der Waals surface area contributed by atoms with E-state index in [0.29, 0.717) is 35.9 Å². The van der Waals surface area contributed by atoms with Crippen LogP contribution in [0.25, 0.3) is 0 Å². The lowest BCUT2D eigenvalue weighted by Crippen LogP contribution is -2.52. The average molecular weight is 489 g/mol. The molecule has 0 N–H and O–H groups in total. The summed E-state index contributed by atoms with van der Waals surface area (Å²) in [5.41, 5.74) is 1.79. The van der Waals surface area contributed by atoms with Crippen molar-refractivity contribution < 1.29 is 23.5 Å². The third kappa shape index (κ3) is 4.96. The Morgan fingerprint density at radius 3 is 2.39 bits per heavy atom. The summed E-state index contributed by atoms with van der Waals surface area (Å²) in [6.45, 7) is 3.28. The van der Waals surface area contributed by atoms with Crippen molar-refractivity contribution in [3.05, 3.63) is 83.8 Å². The Kier molecular flexibility index (Phi) is 6.98. The number of carbonyl (C=O) groups excluding carboxylic acids is 2. The molecule has 0 aliphatic carbocycles. The molecule has 7 heteroatoms. The number of furan rings is 1. The Labute approximate surface area is 211 Å². The van der Waals surface area contributed by atoms with Gasteiger partial charge >= 0.3 is 0 Å². The molecule has 5 rings (SSSR count). The number of hydrogen-bond donors (Lipinski definition) is 0. The molecule has 2 aliphatic heterocycles. The number of likely N-dealkylation sites (tertiary alicyclic amines) is 1. The van der Waals surface area contributed by atoms with Crippen molar-refractivity contribution in [2.24, 2.45) is 5.92 Å². The minimum absolute atomic E-state index is 0.00703. The van der Waals surface area contributed by atoms with E-state index >= 15 is 0 Å². The number of carbonyl (C=O) groups is 2. The lowest BCUT2D eigenvalue weighted by atomic mass is 9.84. The van der Waals surface area contributed by atoms with E-state index in [-0.39, 0.29) is 30.4 Å². The van der Waals surface area contributed by atoms with Crippen LogP contribution in [-0.4, -0.2) is 60.5 Å². The van der Waals surface area contributed by atoms with E-state index in [1.54, 1.807) is 12.3 Å². The topological polar surface area (TPSA) is 72.2 Å². The van der Waals surface area contributed by atoms with Crippen molar-refractivity contribution in [3.8, 4) is 11.5 Å². The molecular weight excluding hydrogens is 456 g/mol. The highest BCUT2D eigenvalue weighted by Crippen LogP contribution is 2.33. The van der Waals surface area contributed by atoms with E-state index in [9.17, 15) is 9.59 Å². The third-order valence-corrected chi connectivity index (χ3v) is 7.37. The Bertz CT molecular complexity index is 1200. The summed E-state index contributed by atoms with van der Waals surface area (Å²) in [5.74, 6) is 2.09. The average Bonchev–Trinajstić information content (AvgIpc) is 3.36. The van der Waals surface area contributed by atoms with Gasteiger partial charge in [-0.25, -0.2) is 0 Å². The van der Waals surface area contributed by atoms with Crippen LogP contribution in [0.5, 0.6) is 11.5 Å². The Morgan fingerprint density at radius 1 is 1.00 bits per heavy atom. The van der Waals surface area contributed by atoms with Crippen LogP contribution < -0.4 is 9.47 Å². The van der Waals surface area contributed by atoms with Gasteiger partial charge in [0.1, 0.15) is 12.4 Å². The minimum atomic E-state index is -0.634. The molecule has 2 atom stereocenters. The van der Waals surface area contributed by atoms with Gasteiger partial charge in [0.15, 0.2) is 11.5 Å². The number of nitrogens with zero attached hydrogens (tertiary/aromatic N) is 2. The van der Waals surface area contributed by atoms with Crippen LogP contribution in [0.15, 0.2) is 71.3 Å². The molecule has 36 heavy (non-hydrogen) atoms. The molecule has 0 saturated carbocycles. The molecular formula is C29H32N2O5. The molecule has 1 aromatic heterocycles. The molecule has 1 saturated heterocycles. The van der Waals surface area contributed by atoms with Gasteiger partial charge < -0.3 is 23.7 Å². The molecule has 188 valence electrons. The summed E-state index contributed by atoms with van der Waals surface area (Å²) < 4.78 is 17.1. The maximum absolute atomic E-state index is 13.4. The first-order valence-corrected chi connectivity index (χ1v) is 12.5. The van der Waals surface area contributed by atoms with Crippen molar-refractivity contribution in [2.45, 2.75) is 38.3 Å². The van der Waals surface area contributed by atoms with Crippen molar-refractivity contribution in [2.75, 3.05) is 26.7 Å². The number of benzene rings is 2. The fourth-order valence-electron chi connectivity index (χ4n) is 5.27. The SMILES string of the molecule is Cc1occc1C(=O)N(C)[C@H](Cc1ccccc1)C1CCN(C(=O)[C@H]2COc3ccccc3O2)CC1. The largest absolute Gasteiger partial charge is 0.485 e. The van der Waals surface area contributed by atoms with E-state index in [2.05, 4.69) is 12.1 Å². The molecule has 3 aromatic rings. The van der Waals surface area contributed by atoms with Crippen LogP contribution in [0, 0.1) is 12.8 Å². The maximum Gasteiger partial charge on any atom is 0.267 e. The monoisotopic (exact) mass is 488 g/mol. The number of piperidine rings is 1. The smallest absolute Gasteiger partial charge is 0.267 e. The molecule has 2 aromatic carbocycles. The van der Waals surface area contributed by atoms with E-state index < -0.39 is 6.10 Å². The first kappa shape index (κ1) is 24.0. The van der Waals surface area contributed by atoms with E-state index in [4.69, 9.17) is 13.9 Å². The highest BCUT2D eigenvalue weighted by Gasteiger charge is 2.37. The molecule has 7 nitrogen and oxygen atoms in total. The van der Waals surface area contributed by atoms with Crippen LogP contribution in [-0.2, 0) is 11.2 Å². The summed E-state index contributed by atoms with van der Waals surface area (Å²) in [4.78, 5) is 30.3. The summed E-state index contributed by atoms with van der Waals surface area (Å²) in [5, 5.41) is 0. The number of amides is 2. The number of likely N-dealkylation sites (N-methyl/N-ethyl adjacent to an activating group) is 1. The second-order valence-corrected chi connectivity index (χ2v) is 9.59. The molecule has 2 amide bonds. The summed E-state index contributed by atoms with van der Waals surface area (Å²) >= 11 is 0. The molecule has 0 radical (unpaired) electrons. The lowest BCUT2D eigenvalue weighted by Gasteiger charge is -2.41. The van der Waals surface area contributed by atoms with Crippen molar-refractivity contribution >= 4 is 11.8 Å². The Hall–Kier alpha value is -3.74. The molecule has 2 aliphatic rings. The maximum atomic E-state index is 13.4. The number of fused-ring (bicyclic) bond motifs is 1. The van der Waals surface area contributed by atoms with Gasteiger partial charge in [0, 0.05) is 26.2 Å². The summed E-state index contributed by atoms with van der Waals surface area (Å²) in [7, 11) is 1.88. The fraction of sp³-hybridized carbons (Fsp3) is 0.379. The zero-order valence-electron chi connectivity index (χ0n) is 20.8. The van der Waals surface area contributed by atoms with Gasteiger partial charge in [-0.15, -0.1) is 0 Å². The second kappa shape index (κ2) is 10.5. The lowest BCUT2D eigenvalue weighted by molar-refractivity contribution is -0.142. The molecule has 1 fully saturated rings. The van der Waals surface area contributed by atoms with Crippen molar-refractivity contribution in [1.29, 1.82) is 0 Å². The number of ether oxygens (including phenoxy) is 2. The van der Waals surface area contributed by atoms with Crippen molar-refractivity contribution in [3.63, 3.8) is 0 Å². The second-order valence-electron chi connectivity index (χ2n) is 9.59. The summed E-state index contributed by atoms with van der Waals surface area (Å²) in [6.07, 6.45) is 3.31. The standard InChI is InChI=1S/C29H32N2O5/c1-20-23(14-17-34-20)28(32)30(2)24(18-21-8-4-3-5-9-21)22-12-15-31(16-13-22)29(33)27-19-35-25-10-6-7-11-26(25)36-27/h3-11,14,17,22,24,27H,12-13,15-16,18-19H2,1-2H3/t24-,27-/m1/s1. The zero-order chi connectivity index (χ0) is 25.1. The first-order chi connectivity index (χ1) is 17.5. The summed E-state index contributed by atoms with van der Waals surface area (Å²) in [6, 6.07) is 19.4. The van der Waals surface area contributed by atoms with Crippen LogP contribution >= 0.6 is 0 Å². The molecule has 0 bridgehead atoms. The molecule has 0 unspecified atom stereocenters. The minimum Gasteiger partial charge on any atom is -0.485 e. The van der Waals surface area contributed by atoms with Gasteiger partial charge in [-0.1, -0.05) is 42.5 Å². The van der Waals surface area contributed by atoms with E-state index in [1.807, 2.05) is 66.2 Å². The molecule has 0 spiro atoms. The van der Waals surface area contributed by atoms with Gasteiger partial charge in [0.25, 0.3) is 11.8 Å². The van der Waals surface area contributed by atoms with Gasteiger partial charge in [0.2, 0.25) is 6.10 Å². The first-order valence-electron chi connectivity index (χ1n) is 12.5. The molecule has 3 heterocycles. The predicted molar refractivity (Wildman–Crippen MR) is 135 cm³/mol. The van der Waals surface area contributed by atoms with Gasteiger partial charge in [-0.2, -0.15) is 0 Å². The highest BCUT2D eigenvalue weighted by atomic mass is 16.6. The van der Waals surface area contributed by atoms with Crippen LogP contribution in [0.3, 0.4) is 0 Å². The van der Waals surface area contributed by atoms with E-state index in [0.717, 1.165) is 19.3 Å². The number of rotatable bonds is 6. The van der Waals surface area contributed by atoms with Gasteiger partial charge in [0.05, 0.1) is 11.8 Å². The third-order valence-electron chi connectivity index (χ3n) is 7.37. The van der Waals surface area contributed by atoms with Crippen molar-refractivity contribution in [1.82, 2.24) is 9.80 Å². The van der Waals surface area contributed by atoms with Crippen LogP contribution in [0.2, 0.25) is 0 Å². The Morgan fingerprint density at radius 2 is 1.69 bits per heavy atom. The zero-order valence-corrected chi connectivity index (χ0v) is 20.8. The number of aryl methyl sites for hydroxylation is 1. The van der Waals surface area contributed by atoms with Gasteiger partial charge in [-0.05, 0) is 55.9 Å². The normalized spacial score (nSPS) is 18.5. The van der Waals surface area contributed by atoms with Crippen LogP contribution in [0.1, 0.15) is 34.5 Å². The number of para-hydroxylation sites is 2. The predicted octanol–water partition coefficient (Wildman–Crippen LogP) is 4.35. The Balaban J connectivity index is 1.27. The van der Waals surface area contributed by atoms with Gasteiger partial charge in [-0.3, -0.25) is 9.59 Å². The fourth-order valence-corrected chi connectivity index (χ4v) is 5.27. The quantitative estimate of drug-likeness (QED) is 0.516. The highest BCUT2D eigenvalue weighted by molar-refractivity contribution is 5.95.